The molecule has 0 aliphatic carbocycles. The van der Waals surface area contributed by atoms with Crippen LogP contribution in [0.1, 0.15) is 12.5 Å². The molecule has 5 nitrogen and oxygen atoms in total. The van der Waals surface area contributed by atoms with Crippen molar-refractivity contribution >= 4 is 30.0 Å². The predicted octanol–water partition coefficient (Wildman–Crippen LogP) is 3.21. The number of aromatic nitrogens is 2. The average Bonchev–Trinajstić information content (AvgIpc) is 2.55. The Balaban J connectivity index is 0.00000225. The van der Waals surface area contributed by atoms with E-state index >= 15 is 0 Å². The van der Waals surface area contributed by atoms with Crippen molar-refractivity contribution in [3.63, 3.8) is 0 Å². The molecule has 25 heavy (non-hydrogen) atoms. The normalized spacial score (nSPS) is 17.1. The Morgan fingerprint density at radius 2 is 2.16 bits per heavy atom. The zero-order valence-corrected chi connectivity index (χ0v) is 15.1. The van der Waals surface area contributed by atoms with Gasteiger partial charge in [0.1, 0.15) is 12.4 Å². The van der Waals surface area contributed by atoms with Gasteiger partial charge in [-0.3, -0.25) is 0 Å². The molecule has 1 atom stereocenters. The van der Waals surface area contributed by atoms with E-state index in [0.717, 1.165) is 25.8 Å². The Hall–Kier alpha value is -1.70. The molecule has 1 N–H and O–H groups in total. The largest absolute Gasteiger partial charge is 0.470 e. The molecule has 136 valence electrons. The lowest BCUT2D eigenvalue weighted by Crippen LogP contribution is -2.49. The predicted molar refractivity (Wildman–Crippen MR) is 94.7 cm³/mol. The monoisotopic (exact) mass is 390 g/mol. The Morgan fingerprint density at radius 1 is 1.36 bits per heavy atom. The summed E-state index contributed by atoms with van der Waals surface area (Å²) in [5.74, 6) is -0.985. The number of nitrogens with zero attached hydrogens (tertiary/aromatic N) is 3. The first-order valence-corrected chi connectivity index (χ1v) is 7.98. The van der Waals surface area contributed by atoms with Gasteiger partial charge in [-0.15, -0.1) is 12.4 Å². The van der Waals surface area contributed by atoms with Gasteiger partial charge in [0.25, 0.3) is 5.88 Å². The first-order chi connectivity index (χ1) is 11.5. The van der Waals surface area contributed by atoms with Crippen molar-refractivity contribution in [1.29, 1.82) is 0 Å². The van der Waals surface area contributed by atoms with Crippen molar-refractivity contribution in [2.45, 2.75) is 19.6 Å². The number of nitrogens with one attached hydrogen (secondary N) is 1. The fourth-order valence-corrected chi connectivity index (χ4v) is 2.65. The molecule has 1 aromatic carbocycles. The highest BCUT2D eigenvalue weighted by Gasteiger charge is 2.20. The molecule has 0 radical (unpaired) electrons. The summed E-state index contributed by atoms with van der Waals surface area (Å²) in [5, 5.41) is 3.60. The number of rotatable bonds is 4. The van der Waals surface area contributed by atoms with Crippen molar-refractivity contribution in [3.05, 3.63) is 46.6 Å². The number of halogens is 4. The van der Waals surface area contributed by atoms with Crippen LogP contribution >= 0.6 is 24.0 Å². The van der Waals surface area contributed by atoms with E-state index in [1.807, 2.05) is 4.90 Å². The van der Waals surface area contributed by atoms with Crippen LogP contribution in [0.4, 0.5) is 14.7 Å². The second-order valence-corrected chi connectivity index (χ2v) is 6.09. The van der Waals surface area contributed by atoms with Crippen LogP contribution in [-0.2, 0) is 6.61 Å². The van der Waals surface area contributed by atoms with Gasteiger partial charge < -0.3 is 15.0 Å². The fraction of sp³-hybridized carbons (Fsp3) is 0.375. The third-order valence-electron chi connectivity index (χ3n) is 3.73. The van der Waals surface area contributed by atoms with Gasteiger partial charge >= 0.3 is 0 Å². The molecule has 2 heterocycles. The number of ether oxygens (including phenoxy) is 1. The van der Waals surface area contributed by atoms with Gasteiger partial charge in [0, 0.05) is 36.3 Å². The van der Waals surface area contributed by atoms with E-state index in [2.05, 4.69) is 22.2 Å². The highest BCUT2D eigenvalue weighted by molar-refractivity contribution is 6.30. The Kier molecular flexibility index (Phi) is 6.75. The lowest BCUT2D eigenvalue weighted by atomic mass is 10.2. The van der Waals surface area contributed by atoms with Crippen molar-refractivity contribution in [1.82, 2.24) is 15.3 Å². The molecule has 1 saturated heterocycles. The third kappa shape index (κ3) is 4.90. The van der Waals surface area contributed by atoms with Crippen LogP contribution in [0.3, 0.4) is 0 Å². The van der Waals surface area contributed by atoms with E-state index in [1.165, 1.54) is 12.1 Å². The van der Waals surface area contributed by atoms with Crippen LogP contribution in [0.5, 0.6) is 5.88 Å². The topological polar surface area (TPSA) is 50.3 Å². The van der Waals surface area contributed by atoms with Crippen LogP contribution < -0.4 is 15.0 Å². The Bertz CT molecular complexity index is 735. The number of hydrogen-bond acceptors (Lipinski definition) is 5. The second kappa shape index (κ2) is 8.60. The van der Waals surface area contributed by atoms with Gasteiger partial charge in [0.15, 0.2) is 0 Å². The summed E-state index contributed by atoms with van der Waals surface area (Å²) in [7, 11) is 0. The maximum Gasteiger partial charge on any atom is 0.255 e. The number of benzene rings is 1. The van der Waals surface area contributed by atoms with E-state index in [4.69, 9.17) is 16.3 Å². The first kappa shape index (κ1) is 19.6. The summed E-state index contributed by atoms with van der Waals surface area (Å²) in [5.41, 5.74) is 0.273. The molecule has 1 fully saturated rings. The summed E-state index contributed by atoms with van der Waals surface area (Å²) < 4.78 is 33.0. The van der Waals surface area contributed by atoms with Gasteiger partial charge in [0.05, 0.1) is 6.20 Å². The van der Waals surface area contributed by atoms with Gasteiger partial charge in [0.2, 0.25) is 11.8 Å². The lowest BCUT2D eigenvalue weighted by molar-refractivity contribution is 0.271. The molecule has 2 aromatic rings. The SMILES string of the molecule is C[C@H]1CN(c2ncc(F)c(OCc3ccc(Cl)cc3F)n2)CCN1.Cl. The fourth-order valence-electron chi connectivity index (χ4n) is 2.50. The molecule has 1 aliphatic heterocycles. The van der Waals surface area contributed by atoms with Crippen LogP contribution in [0.2, 0.25) is 5.02 Å². The Labute approximate surface area is 155 Å². The summed E-state index contributed by atoms with van der Waals surface area (Å²) in [6.45, 7) is 4.15. The van der Waals surface area contributed by atoms with E-state index in [1.54, 1.807) is 6.07 Å². The van der Waals surface area contributed by atoms with Crippen molar-refractivity contribution in [2.75, 3.05) is 24.5 Å². The number of anilines is 1. The smallest absolute Gasteiger partial charge is 0.255 e. The zero-order chi connectivity index (χ0) is 17.1. The van der Waals surface area contributed by atoms with Gasteiger partial charge in [-0.25, -0.2) is 9.37 Å². The molecule has 1 aliphatic rings. The molecule has 0 spiro atoms. The summed E-state index contributed by atoms with van der Waals surface area (Å²) in [6, 6.07) is 4.52. The van der Waals surface area contributed by atoms with Gasteiger partial charge in [-0.2, -0.15) is 9.37 Å². The average molecular weight is 391 g/mol. The number of hydrogen-bond donors (Lipinski definition) is 1. The van der Waals surface area contributed by atoms with E-state index in [-0.39, 0.29) is 30.5 Å². The molecule has 3 rings (SSSR count). The van der Waals surface area contributed by atoms with Crippen LogP contribution in [0.15, 0.2) is 24.4 Å². The molecular formula is C16H18Cl2F2N4O. The van der Waals surface area contributed by atoms with Gasteiger partial charge in [-0.05, 0) is 19.1 Å². The summed E-state index contributed by atoms with van der Waals surface area (Å²) >= 11 is 5.71. The van der Waals surface area contributed by atoms with Crippen molar-refractivity contribution in [2.24, 2.45) is 0 Å². The molecule has 0 unspecified atom stereocenters. The molecule has 9 heteroatoms. The highest BCUT2D eigenvalue weighted by Crippen LogP contribution is 2.21. The van der Waals surface area contributed by atoms with Crippen LogP contribution in [0, 0.1) is 11.6 Å². The third-order valence-corrected chi connectivity index (χ3v) is 3.97. The maximum atomic E-state index is 13.9. The summed E-state index contributed by atoms with van der Waals surface area (Å²) in [6.07, 6.45) is 1.07. The van der Waals surface area contributed by atoms with E-state index in [0.29, 0.717) is 17.0 Å². The minimum Gasteiger partial charge on any atom is -0.470 e. The van der Waals surface area contributed by atoms with E-state index < -0.39 is 11.6 Å². The minimum absolute atomic E-state index is 0. The minimum atomic E-state index is -0.684. The molecular weight excluding hydrogens is 373 g/mol. The molecule has 1 aromatic heterocycles. The van der Waals surface area contributed by atoms with Crippen molar-refractivity contribution < 1.29 is 13.5 Å². The zero-order valence-electron chi connectivity index (χ0n) is 13.5. The van der Waals surface area contributed by atoms with E-state index in [9.17, 15) is 8.78 Å². The Morgan fingerprint density at radius 3 is 2.88 bits per heavy atom. The highest BCUT2D eigenvalue weighted by atomic mass is 35.5. The first-order valence-electron chi connectivity index (χ1n) is 7.60. The van der Waals surface area contributed by atoms with Crippen LogP contribution in [-0.4, -0.2) is 35.6 Å². The maximum absolute atomic E-state index is 13.9. The quantitative estimate of drug-likeness (QED) is 0.868. The van der Waals surface area contributed by atoms with Crippen LogP contribution in [0.25, 0.3) is 0 Å². The molecule has 0 bridgehead atoms. The summed E-state index contributed by atoms with van der Waals surface area (Å²) in [4.78, 5) is 10.1. The molecule has 0 amide bonds. The number of piperazine rings is 1. The standard InChI is InChI=1S/C16H17ClF2N4O.ClH/c1-10-8-23(5-4-20-10)16-21-7-14(19)15(22-16)24-9-11-2-3-12(17)6-13(11)18;/h2-3,6-7,10,20H,4-5,8-9H2,1H3;1H/t10-;/m0./s1. The second-order valence-electron chi connectivity index (χ2n) is 5.65. The van der Waals surface area contributed by atoms with Crippen molar-refractivity contribution in [3.8, 4) is 5.88 Å². The lowest BCUT2D eigenvalue weighted by Gasteiger charge is -2.31. The van der Waals surface area contributed by atoms with Gasteiger partial charge in [-0.1, -0.05) is 17.7 Å². The molecule has 0 saturated carbocycles.